The molecule has 1 fully saturated rings. The van der Waals surface area contributed by atoms with E-state index >= 15 is 0 Å². The van der Waals surface area contributed by atoms with Crippen molar-refractivity contribution in [3.05, 3.63) is 0 Å². The van der Waals surface area contributed by atoms with Crippen LogP contribution in [0.15, 0.2) is 0 Å². The van der Waals surface area contributed by atoms with Gasteiger partial charge < -0.3 is 9.64 Å². The molecule has 88 valence electrons. The van der Waals surface area contributed by atoms with Gasteiger partial charge in [0.2, 0.25) is 0 Å². The highest BCUT2D eigenvalue weighted by Gasteiger charge is 2.25. The molecule has 3 nitrogen and oxygen atoms in total. The van der Waals surface area contributed by atoms with Gasteiger partial charge >= 0.3 is 5.97 Å². The third kappa shape index (κ3) is 3.99. The number of ether oxygens (including phenoxy) is 1. The molecular formula is C11H20ClNO2. The van der Waals surface area contributed by atoms with Crippen molar-refractivity contribution in [2.45, 2.75) is 19.8 Å². The number of esters is 1. The summed E-state index contributed by atoms with van der Waals surface area (Å²) in [5.74, 6) is 1.29. The van der Waals surface area contributed by atoms with Crippen LogP contribution in [0.25, 0.3) is 0 Å². The molecule has 1 unspecified atom stereocenters. The van der Waals surface area contributed by atoms with Crippen molar-refractivity contribution in [3.63, 3.8) is 0 Å². The van der Waals surface area contributed by atoms with Gasteiger partial charge in [-0.1, -0.05) is 6.92 Å². The van der Waals surface area contributed by atoms with E-state index in [1.807, 2.05) is 0 Å². The van der Waals surface area contributed by atoms with Crippen molar-refractivity contribution < 1.29 is 9.53 Å². The van der Waals surface area contributed by atoms with E-state index in [4.69, 9.17) is 16.3 Å². The van der Waals surface area contributed by atoms with Gasteiger partial charge in [0, 0.05) is 12.4 Å². The first-order chi connectivity index (χ1) is 7.17. The lowest BCUT2D eigenvalue weighted by Crippen LogP contribution is -2.39. The number of piperidine rings is 1. The Balaban J connectivity index is 2.26. The molecule has 0 radical (unpaired) electrons. The number of nitrogens with zero attached hydrogens (tertiary/aromatic N) is 1. The second-order valence-corrected chi connectivity index (χ2v) is 4.67. The average Bonchev–Trinajstić information content (AvgIpc) is 2.29. The summed E-state index contributed by atoms with van der Waals surface area (Å²) in [6.45, 7) is 5.17. The molecule has 4 heteroatoms. The first kappa shape index (κ1) is 12.8. The molecule has 1 heterocycles. The summed E-state index contributed by atoms with van der Waals surface area (Å²) in [5, 5.41) is 0. The van der Waals surface area contributed by atoms with Crippen molar-refractivity contribution in [2.24, 2.45) is 11.8 Å². The van der Waals surface area contributed by atoms with Gasteiger partial charge in [-0.25, -0.2) is 0 Å². The van der Waals surface area contributed by atoms with E-state index in [1.165, 1.54) is 7.11 Å². The van der Waals surface area contributed by atoms with Crippen LogP contribution in [0.5, 0.6) is 0 Å². The number of halogens is 1. The number of hydrogen-bond acceptors (Lipinski definition) is 3. The van der Waals surface area contributed by atoms with Crippen LogP contribution in [0.2, 0.25) is 0 Å². The molecule has 1 saturated heterocycles. The Hall–Kier alpha value is -0.280. The first-order valence-corrected chi connectivity index (χ1v) is 6.07. The van der Waals surface area contributed by atoms with E-state index in [2.05, 4.69) is 11.8 Å². The van der Waals surface area contributed by atoms with Crippen molar-refractivity contribution in [1.29, 1.82) is 0 Å². The van der Waals surface area contributed by atoms with Gasteiger partial charge in [-0.2, -0.15) is 0 Å². The highest BCUT2D eigenvalue weighted by atomic mass is 35.5. The van der Waals surface area contributed by atoms with Crippen LogP contribution in [0.3, 0.4) is 0 Å². The fraction of sp³-hybridized carbons (Fsp3) is 0.909. The molecule has 0 bridgehead atoms. The fourth-order valence-corrected chi connectivity index (χ4v) is 2.11. The van der Waals surface area contributed by atoms with E-state index in [0.29, 0.717) is 11.8 Å². The molecule has 0 spiro atoms. The summed E-state index contributed by atoms with van der Waals surface area (Å²) in [7, 11) is 1.46. The van der Waals surface area contributed by atoms with Crippen LogP contribution in [-0.4, -0.2) is 43.5 Å². The quantitative estimate of drug-likeness (QED) is 0.547. The van der Waals surface area contributed by atoms with E-state index < -0.39 is 0 Å². The van der Waals surface area contributed by atoms with Gasteiger partial charge in [-0.05, 0) is 31.8 Å². The number of rotatable bonds is 4. The summed E-state index contributed by atoms with van der Waals surface area (Å²) < 4.78 is 4.75. The lowest BCUT2D eigenvalue weighted by atomic mass is 9.96. The Morgan fingerprint density at radius 1 is 1.53 bits per heavy atom. The Morgan fingerprint density at radius 3 is 2.60 bits per heavy atom. The molecule has 0 aromatic heterocycles. The number of alkyl halides is 1. The lowest BCUT2D eigenvalue weighted by Gasteiger charge is -2.31. The predicted octanol–water partition coefficient (Wildman–Crippen LogP) is 1.75. The predicted molar refractivity (Wildman–Crippen MR) is 61.1 cm³/mol. The normalized spacial score (nSPS) is 21.3. The molecule has 1 aliphatic heterocycles. The zero-order chi connectivity index (χ0) is 11.3. The number of likely N-dealkylation sites (tertiary alicyclic amines) is 1. The summed E-state index contributed by atoms with van der Waals surface area (Å²) >= 11 is 5.77. The molecule has 0 amide bonds. The second-order valence-electron chi connectivity index (χ2n) is 4.36. The molecular weight excluding hydrogens is 214 g/mol. The number of hydrogen-bond donors (Lipinski definition) is 0. The van der Waals surface area contributed by atoms with Crippen LogP contribution < -0.4 is 0 Å². The van der Waals surface area contributed by atoms with Gasteiger partial charge in [0.25, 0.3) is 0 Å². The van der Waals surface area contributed by atoms with Crippen molar-refractivity contribution in [3.8, 4) is 0 Å². The Bertz CT molecular complexity index is 203. The Morgan fingerprint density at radius 2 is 2.13 bits per heavy atom. The van der Waals surface area contributed by atoms with Crippen molar-refractivity contribution in [1.82, 2.24) is 4.90 Å². The minimum absolute atomic E-state index is 0.0555. The topological polar surface area (TPSA) is 29.5 Å². The molecule has 0 aliphatic carbocycles. The molecule has 0 saturated carbocycles. The molecule has 0 aromatic rings. The summed E-state index contributed by atoms with van der Waals surface area (Å²) in [6.07, 6.45) is 1.84. The number of methoxy groups -OCH3 is 1. The minimum Gasteiger partial charge on any atom is -0.469 e. The summed E-state index contributed by atoms with van der Waals surface area (Å²) in [4.78, 5) is 13.7. The van der Waals surface area contributed by atoms with E-state index in [9.17, 15) is 4.79 Å². The third-order valence-electron chi connectivity index (χ3n) is 2.96. The minimum atomic E-state index is -0.0555. The van der Waals surface area contributed by atoms with Crippen molar-refractivity contribution in [2.75, 3.05) is 32.6 Å². The monoisotopic (exact) mass is 233 g/mol. The standard InChI is InChI=1S/C11H20ClNO2/c1-9(7-12)8-13-5-3-10(4-6-13)11(14)15-2/h9-10H,3-8H2,1-2H3. The van der Waals surface area contributed by atoms with Gasteiger partial charge in [-0.15, -0.1) is 11.6 Å². The largest absolute Gasteiger partial charge is 0.469 e. The molecule has 1 aliphatic rings. The maximum Gasteiger partial charge on any atom is 0.308 e. The van der Waals surface area contributed by atoms with E-state index in [-0.39, 0.29) is 11.9 Å². The fourth-order valence-electron chi connectivity index (χ4n) is 2.01. The lowest BCUT2D eigenvalue weighted by molar-refractivity contribution is -0.147. The van der Waals surface area contributed by atoms with Crippen LogP contribution in [0, 0.1) is 11.8 Å². The Labute approximate surface area is 96.7 Å². The van der Waals surface area contributed by atoms with Crippen LogP contribution in [-0.2, 0) is 9.53 Å². The van der Waals surface area contributed by atoms with Gasteiger partial charge in [0.15, 0.2) is 0 Å². The highest BCUT2D eigenvalue weighted by Crippen LogP contribution is 2.19. The number of carbonyl (C=O) groups is 1. The zero-order valence-corrected chi connectivity index (χ0v) is 10.3. The summed E-state index contributed by atoms with van der Waals surface area (Å²) in [6, 6.07) is 0. The smallest absolute Gasteiger partial charge is 0.308 e. The maximum atomic E-state index is 11.3. The Kier molecular flexibility index (Phi) is 5.40. The second kappa shape index (κ2) is 6.33. The SMILES string of the molecule is COC(=O)C1CCN(CC(C)CCl)CC1. The highest BCUT2D eigenvalue weighted by molar-refractivity contribution is 6.18. The molecule has 0 aromatic carbocycles. The molecule has 0 N–H and O–H groups in total. The van der Waals surface area contributed by atoms with Gasteiger partial charge in [-0.3, -0.25) is 4.79 Å². The van der Waals surface area contributed by atoms with E-state index in [1.54, 1.807) is 0 Å². The first-order valence-electron chi connectivity index (χ1n) is 5.53. The molecule has 1 atom stereocenters. The average molecular weight is 234 g/mol. The molecule has 15 heavy (non-hydrogen) atoms. The van der Waals surface area contributed by atoms with Crippen LogP contribution in [0.4, 0.5) is 0 Å². The van der Waals surface area contributed by atoms with E-state index in [0.717, 1.165) is 32.5 Å². The summed E-state index contributed by atoms with van der Waals surface area (Å²) in [5.41, 5.74) is 0. The third-order valence-corrected chi connectivity index (χ3v) is 3.48. The van der Waals surface area contributed by atoms with Gasteiger partial charge in [0.05, 0.1) is 13.0 Å². The van der Waals surface area contributed by atoms with Gasteiger partial charge in [0.1, 0.15) is 0 Å². The number of carbonyl (C=O) groups excluding carboxylic acids is 1. The van der Waals surface area contributed by atoms with Crippen LogP contribution >= 0.6 is 11.6 Å². The van der Waals surface area contributed by atoms with Crippen molar-refractivity contribution >= 4 is 17.6 Å². The molecule has 1 rings (SSSR count). The maximum absolute atomic E-state index is 11.3. The zero-order valence-electron chi connectivity index (χ0n) is 9.54. The van der Waals surface area contributed by atoms with Crippen LogP contribution in [0.1, 0.15) is 19.8 Å².